The van der Waals surface area contributed by atoms with Crippen LogP contribution in [0.15, 0.2) is 29.3 Å². The lowest BCUT2D eigenvalue weighted by atomic mass is 10.0. The highest BCUT2D eigenvalue weighted by Gasteiger charge is 2.40. The topological polar surface area (TPSA) is 305 Å². The molecule has 1 aromatic carbocycles. The molecule has 0 spiro atoms. The summed E-state index contributed by atoms with van der Waals surface area (Å²) in [5.41, 5.74) is 11.3. The number of hydrogen-bond donors (Lipinski definition) is 10. The predicted molar refractivity (Wildman–Crippen MR) is 169 cm³/mol. The highest BCUT2D eigenvalue weighted by molar-refractivity contribution is 8.01. The molecule has 2 rings (SSSR count). The first-order valence-corrected chi connectivity index (χ1v) is 15.4. The standard InChI is InChI=1S/C28H40N8O10S/c1-28(2)22(26(45)46)36-25(44)18(11-21(40)41)33-19(38)12-32-23(42)16(4-3-9-31-27(29)30)35-24(43)17(34-20(39)13-47-28)10-14-5-7-15(37)8-6-14/h5-8,16-18,22,37H,3-4,9-13H2,1-2H3,(H,32,42)(H,33,38)(H,34,39)(H,35,43)(H,36,44)(H,40,41)(H,45,46)(H4,29,30,31)/t16-,17+,18-,22+/m0/s1. The Hall–Kier alpha value is -5.07. The molecule has 0 aliphatic carbocycles. The Kier molecular flexibility index (Phi) is 14.3. The fraction of sp³-hybridized carbons (Fsp3) is 0.500. The number of phenolic OH excluding ortho intramolecular Hbond substituents is 1. The smallest absolute Gasteiger partial charge is 0.327 e. The summed E-state index contributed by atoms with van der Waals surface area (Å²) >= 11 is 0.840. The van der Waals surface area contributed by atoms with E-state index in [2.05, 4.69) is 31.6 Å². The number of nitrogens with two attached hydrogens (primary N) is 2. The van der Waals surface area contributed by atoms with Gasteiger partial charge in [-0.1, -0.05) is 12.1 Å². The molecule has 1 fully saturated rings. The zero-order valence-electron chi connectivity index (χ0n) is 25.8. The molecule has 1 aliphatic heterocycles. The molecule has 0 aromatic heterocycles. The Morgan fingerprint density at radius 2 is 1.51 bits per heavy atom. The number of phenols is 1. The van der Waals surface area contributed by atoms with Crippen LogP contribution in [0.4, 0.5) is 0 Å². The fourth-order valence-corrected chi connectivity index (χ4v) is 5.30. The van der Waals surface area contributed by atoms with Gasteiger partial charge in [0.25, 0.3) is 0 Å². The zero-order chi connectivity index (χ0) is 35.3. The number of aromatic hydroxyl groups is 1. The lowest BCUT2D eigenvalue weighted by molar-refractivity contribution is -0.144. The molecule has 1 heterocycles. The van der Waals surface area contributed by atoms with Crippen molar-refractivity contribution in [2.45, 2.75) is 68.4 Å². The number of hydrogen-bond acceptors (Lipinski definition) is 10. The molecule has 1 aliphatic rings. The van der Waals surface area contributed by atoms with Crippen molar-refractivity contribution in [3.63, 3.8) is 0 Å². The first-order valence-electron chi connectivity index (χ1n) is 14.4. The number of carboxylic acid groups (broad SMARTS) is 2. The number of aliphatic imine (C=N–C) groups is 1. The molecular weight excluding hydrogens is 640 g/mol. The molecule has 1 aromatic rings. The second-order valence-corrected chi connectivity index (χ2v) is 12.7. The number of benzene rings is 1. The molecule has 0 bridgehead atoms. The van der Waals surface area contributed by atoms with Crippen molar-refractivity contribution in [3.05, 3.63) is 29.8 Å². The first kappa shape index (κ1) is 38.1. The van der Waals surface area contributed by atoms with E-state index in [0.717, 1.165) is 11.8 Å². The summed E-state index contributed by atoms with van der Waals surface area (Å²) in [5, 5.41) is 40.7. The molecule has 19 heteroatoms. The molecule has 0 unspecified atom stereocenters. The average Bonchev–Trinajstić information content (AvgIpc) is 2.98. The van der Waals surface area contributed by atoms with Gasteiger partial charge in [0.15, 0.2) is 5.96 Å². The van der Waals surface area contributed by atoms with E-state index in [9.17, 15) is 48.9 Å². The van der Waals surface area contributed by atoms with Crippen LogP contribution in [-0.2, 0) is 40.0 Å². The van der Waals surface area contributed by atoms with Gasteiger partial charge in [-0.3, -0.25) is 33.8 Å². The third kappa shape index (κ3) is 13.1. The van der Waals surface area contributed by atoms with E-state index < -0.39 is 83.4 Å². The van der Waals surface area contributed by atoms with Gasteiger partial charge in [-0.15, -0.1) is 11.8 Å². The molecule has 12 N–H and O–H groups in total. The molecule has 47 heavy (non-hydrogen) atoms. The molecular formula is C28H40N8O10S. The Morgan fingerprint density at radius 3 is 2.11 bits per heavy atom. The van der Waals surface area contributed by atoms with Crippen LogP contribution in [-0.4, -0.2) is 111 Å². The summed E-state index contributed by atoms with van der Waals surface area (Å²) in [6, 6.07) is 0.0135. The molecule has 18 nitrogen and oxygen atoms in total. The van der Waals surface area contributed by atoms with Gasteiger partial charge in [0, 0.05) is 17.7 Å². The van der Waals surface area contributed by atoms with E-state index in [0.29, 0.717) is 5.56 Å². The van der Waals surface area contributed by atoms with Crippen LogP contribution >= 0.6 is 11.8 Å². The normalized spacial score (nSPS) is 23.0. The Labute approximate surface area is 273 Å². The maximum absolute atomic E-state index is 13.5. The van der Waals surface area contributed by atoms with E-state index in [-0.39, 0.29) is 43.3 Å². The number of carboxylic acids is 2. The highest BCUT2D eigenvalue weighted by Crippen LogP contribution is 2.29. The van der Waals surface area contributed by atoms with Crippen LogP contribution < -0.4 is 38.1 Å². The Morgan fingerprint density at radius 1 is 0.894 bits per heavy atom. The minimum Gasteiger partial charge on any atom is -0.508 e. The number of carbonyl (C=O) groups is 7. The highest BCUT2D eigenvalue weighted by atomic mass is 32.2. The summed E-state index contributed by atoms with van der Waals surface area (Å²) in [6.07, 6.45) is -0.746. The number of nitrogens with zero attached hydrogens (tertiary/aromatic N) is 1. The molecule has 4 atom stereocenters. The summed E-state index contributed by atoms with van der Waals surface area (Å²) in [7, 11) is 0. The number of amides is 5. The monoisotopic (exact) mass is 680 g/mol. The Balaban J connectivity index is 2.46. The lowest BCUT2D eigenvalue weighted by Gasteiger charge is -2.32. The van der Waals surface area contributed by atoms with Gasteiger partial charge in [0.2, 0.25) is 29.5 Å². The van der Waals surface area contributed by atoms with Gasteiger partial charge in [-0.05, 0) is 44.4 Å². The second kappa shape index (κ2) is 17.6. The molecule has 5 amide bonds. The first-order chi connectivity index (χ1) is 22.0. The maximum atomic E-state index is 13.5. The summed E-state index contributed by atoms with van der Waals surface area (Å²) in [4.78, 5) is 93.0. The number of nitrogens with one attached hydrogen (secondary N) is 5. The predicted octanol–water partition coefficient (Wildman–Crippen LogP) is -2.87. The van der Waals surface area contributed by atoms with Crippen molar-refractivity contribution >= 4 is 59.2 Å². The Bertz CT molecular complexity index is 1370. The SMILES string of the molecule is CC1(C)SCC(=O)N[C@H](Cc2ccc(O)cc2)C(=O)N[C@@H](CCCN=C(N)N)C(=O)NCC(=O)N[C@@H](CC(=O)O)C(=O)N[C@@H]1C(=O)O. The lowest BCUT2D eigenvalue weighted by Crippen LogP contribution is -2.59. The molecule has 0 saturated carbocycles. The van der Waals surface area contributed by atoms with Crippen LogP contribution in [0.25, 0.3) is 0 Å². The van der Waals surface area contributed by atoms with Crippen molar-refractivity contribution in [1.82, 2.24) is 26.6 Å². The van der Waals surface area contributed by atoms with Crippen molar-refractivity contribution in [1.29, 1.82) is 0 Å². The van der Waals surface area contributed by atoms with E-state index in [4.69, 9.17) is 11.5 Å². The van der Waals surface area contributed by atoms with Crippen molar-refractivity contribution in [2.24, 2.45) is 16.5 Å². The minimum absolute atomic E-state index is 0.000507. The van der Waals surface area contributed by atoms with Crippen LogP contribution in [0.2, 0.25) is 0 Å². The van der Waals surface area contributed by atoms with Gasteiger partial charge in [-0.2, -0.15) is 0 Å². The molecule has 0 radical (unpaired) electrons. The van der Waals surface area contributed by atoms with Crippen LogP contribution in [0.1, 0.15) is 38.7 Å². The van der Waals surface area contributed by atoms with Crippen molar-refractivity contribution in [2.75, 3.05) is 18.8 Å². The van der Waals surface area contributed by atoms with Gasteiger partial charge >= 0.3 is 11.9 Å². The van der Waals surface area contributed by atoms with Gasteiger partial charge < -0.3 is 53.4 Å². The summed E-state index contributed by atoms with van der Waals surface area (Å²) < 4.78 is -1.36. The van der Waals surface area contributed by atoms with Gasteiger partial charge in [-0.25, -0.2) is 4.79 Å². The number of thioether (sulfide) groups is 1. The second-order valence-electron chi connectivity index (χ2n) is 11.1. The van der Waals surface area contributed by atoms with Crippen LogP contribution in [0, 0.1) is 0 Å². The van der Waals surface area contributed by atoms with Crippen molar-refractivity contribution in [3.8, 4) is 5.75 Å². The van der Waals surface area contributed by atoms with Gasteiger partial charge in [0.1, 0.15) is 29.9 Å². The maximum Gasteiger partial charge on any atom is 0.327 e. The van der Waals surface area contributed by atoms with Crippen molar-refractivity contribution < 1.29 is 48.9 Å². The van der Waals surface area contributed by atoms with E-state index in [1.165, 1.54) is 38.1 Å². The number of guanidine groups is 1. The van der Waals surface area contributed by atoms with Crippen LogP contribution in [0.3, 0.4) is 0 Å². The largest absolute Gasteiger partial charge is 0.508 e. The number of aliphatic carboxylic acids is 2. The summed E-state index contributed by atoms with van der Waals surface area (Å²) in [6.45, 7) is 2.25. The molecule has 258 valence electrons. The number of rotatable bonds is 9. The van der Waals surface area contributed by atoms with E-state index >= 15 is 0 Å². The van der Waals surface area contributed by atoms with Crippen LogP contribution in [0.5, 0.6) is 5.75 Å². The van der Waals surface area contributed by atoms with Gasteiger partial charge in [0.05, 0.1) is 18.7 Å². The third-order valence-corrected chi connectivity index (χ3v) is 8.25. The third-order valence-electron chi connectivity index (χ3n) is 6.86. The quantitative estimate of drug-likeness (QED) is 0.0713. The number of carbonyl (C=O) groups excluding carboxylic acids is 5. The minimum atomic E-state index is -1.71. The fourth-order valence-electron chi connectivity index (χ4n) is 4.39. The van der Waals surface area contributed by atoms with E-state index in [1.807, 2.05) is 0 Å². The zero-order valence-corrected chi connectivity index (χ0v) is 26.6. The molecule has 1 saturated heterocycles. The van der Waals surface area contributed by atoms with E-state index in [1.54, 1.807) is 0 Å². The summed E-state index contributed by atoms with van der Waals surface area (Å²) in [5.74, 6) is -7.90. The average molecular weight is 681 g/mol.